The Morgan fingerprint density at radius 2 is 1.86 bits per heavy atom. The molecule has 0 aliphatic carbocycles. The molecule has 6 heteroatoms. The Kier molecular flexibility index (Phi) is 6.22. The molecule has 0 saturated carbocycles. The van der Waals surface area contributed by atoms with Gasteiger partial charge < -0.3 is 10.1 Å². The van der Waals surface area contributed by atoms with Gasteiger partial charge in [-0.1, -0.05) is 30.3 Å². The summed E-state index contributed by atoms with van der Waals surface area (Å²) in [5.74, 6) is 0.322. The molecule has 0 atom stereocenters. The number of carbonyl (C=O) groups excluding carboxylic acids is 1. The lowest BCUT2D eigenvalue weighted by molar-refractivity contribution is 0.0943. The number of nitrogens with zero attached hydrogens (tertiary/aromatic N) is 2. The second-order valence-corrected chi connectivity index (χ2v) is 6.52. The largest absolute Gasteiger partial charge is 0.494 e. The number of hydrogen-bond donors (Lipinski definition) is 1. The van der Waals surface area contributed by atoms with Crippen LogP contribution in [0.4, 0.5) is 0 Å². The fraction of sp³-hybridized carbons (Fsp3) is 0.227. The van der Waals surface area contributed by atoms with Crippen LogP contribution in [0, 0.1) is 13.8 Å². The van der Waals surface area contributed by atoms with Crippen molar-refractivity contribution < 1.29 is 9.53 Å². The number of para-hydroxylation sites is 1. The predicted octanol–water partition coefficient (Wildman–Crippen LogP) is 3.05. The highest BCUT2D eigenvalue weighted by Crippen LogP contribution is 2.12. The molecule has 0 spiro atoms. The standard InChI is InChI=1S/C22H23N3O3/c1-16-8-6-11-19(14-16)28-13-7-12-23-22(27)21-20(26)15-17(2)25(24-21)18-9-4-3-5-10-18/h3-6,8-11,14-15H,7,12-13H2,1-2H3,(H,23,27). The molecule has 3 aromatic rings. The van der Waals surface area contributed by atoms with E-state index in [1.807, 2.05) is 61.5 Å². The Morgan fingerprint density at radius 1 is 1.07 bits per heavy atom. The molecule has 0 saturated heterocycles. The first-order valence-electron chi connectivity index (χ1n) is 9.18. The third-order valence-corrected chi connectivity index (χ3v) is 4.19. The fourth-order valence-corrected chi connectivity index (χ4v) is 2.79. The number of carbonyl (C=O) groups is 1. The SMILES string of the molecule is Cc1cccc(OCCCNC(=O)c2nn(-c3ccccc3)c(C)cc2=O)c1. The van der Waals surface area contributed by atoms with Crippen molar-refractivity contribution in [1.82, 2.24) is 15.1 Å². The Balaban J connectivity index is 1.59. The van der Waals surface area contributed by atoms with E-state index in [2.05, 4.69) is 10.4 Å². The third-order valence-electron chi connectivity index (χ3n) is 4.19. The summed E-state index contributed by atoms with van der Waals surface area (Å²) in [5, 5.41) is 7.00. The van der Waals surface area contributed by atoms with Gasteiger partial charge in [-0.3, -0.25) is 9.59 Å². The normalized spacial score (nSPS) is 10.5. The summed E-state index contributed by atoms with van der Waals surface area (Å²) in [6.07, 6.45) is 0.623. The van der Waals surface area contributed by atoms with Crippen LogP contribution in [-0.4, -0.2) is 28.8 Å². The van der Waals surface area contributed by atoms with Crippen LogP contribution in [0.5, 0.6) is 5.75 Å². The molecule has 2 aromatic carbocycles. The summed E-state index contributed by atoms with van der Waals surface area (Å²) in [7, 11) is 0. The highest BCUT2D eigenvalue weighted by atomic mass is 16.5. The number of rotatable bonds is 7. The maximum Gasteiger partial charge on any atom is 0.275 e. The summed E-state index contributed by atoms with van der Waals surface area (Å²) in [6, 6.07) is 18.6. The van der Waals surface area contributed by atoms with E-state index in [1.165, 1.54) is 6.07 Å². The number of ether oxygens (including phenoxy) is 1. The zero-order chi connectivity index (χ0) is 19.9. The van der Waals surface area contributed by atoms with Crippen LogP contribution in [0.3, 0.4) is 0 Å². The molecule has 0 fully saturated rings. The number of nitrogens with one attached hydrogen (secondary N) is 1. The average molecular weight is 377 g/mol. The zero-order valence-electron chi connectivity index (χ0n) is 16.0. The maximum absolute atomic E-state index is 12.4. The lowest BCUT2D eigenvalue weighted by Crippen LogP contribution is -2.33. The first-order valence-corrected chi connectivity index (χ1v) is 9.18. The summed E-state index contributed by atoms with van der Waals surface area (Å²) in [4.78, 5) is 24.6. The lowest BCUT2D eigenvalue weighted by atomic mass is 10.2. The van der Waals surface area contributed by atoms with Crippen LogP contribution < -0.4 is 15.5 Å². The quantitative estimate of drug-likeness (QED) is 0.643. The minimum atomic E-state index is -0.481. The van der Waals surface area contributed by atoms with Crippen LogP contribution in [0.1, 0.15) is 28.2 Å². The number of aromatic nitrogens is 2. The van der Waals surface area contributed by atoms with Crippen LogP contribution in [0.25, 0.3) is 5.69 Å². The van der Waals surface area contributed by atoms with E-state index in [0.29, 0.717) is 25.3 Å². The fourth-order valence-electron chi connectivity index (χ4n) is 2.79. The van der Waals surface area contributed by atoms with E-state index in [0.717, 1.165) is 17.0 Å². The molecule has 0 aliphatic heterocycles. The van der Waals surface area contributed by atoms with Crippen molar-refractivity contribution >= 4 is 5.91 Å². The van der Waals surface area contributed by atoms with Crippen LogP contribution >= 0.6 is 0 Å². The average Bonchev–Trinajstić information content (AvgIpc) is 2.68. The molecule has 28 heavy (non-hydrogen) atoms. The Bertz CT molecular complexity index is 1010. The molecular formula is C22H23N3O3. The second kappa shape index (κ2) is 8.99. The molecule has 0 aliphatic rings. The van der Waals surface area contributed by atoms with Gasteiger partial charge in [-0.25, -0.2) is 4.68 Å². The summed E-state index contributed by atoms with van der Waals surface area (Å²) in [5.41, 5.74) is 2.08. The van der Waals surface area contributed by atoms with Crippen molar-refractivity contribution in [3.05, 3.63) is 87.8 Å². The predicted molar refractivity (Wildman–Crippen MR) is 108 cm³/mol. The molecular weight excluding hydrogens is 354 g/mol. The first-order chi connectivity index (χ1) is 13.5. The minimum absolute atomic E-state index is 0.117. The Labute approximate surface area is 163 Å². The van der Waals surface area contributed by atoms with Crippen LogP contribution in [0.2, 0.25) is 0 Å². The van der Waals surface area contributed by atoms with Gasteiger partial charge >= 0.3 is 0 Å². The smallest absolute Gasteiger partial charge is 0.275 e. The van der Waals surface area contributed by atoms with E-state index in [-0.39, 0.29) is 5.69 Å². The Hall–Kier alpha value is -3.41. The molecule has 0 unspecified atom stereocenters. The monoisotopic (exact) mass is 377 g/mol. The maximum atomic E-state index is 12.4. The molecule has 0 bridgehead atoms. The Morgan fingerprint density at radius 3 is 2.61 bits per heavy atom. The van der Waals surface area contributed by atoms with Crippen molar-refractivity contribution in [3.63, 3.8) is 0 Å². The van der Waals surface area contributed by atoms with Crippen molar-refractivity contribution in [3.8, 4) is 11.4 Å². The molecule has 1 amide bonds. The van der Waals surface area contributed by atoms with Gasteiger partial charge in [-0.05, 0) is 50.1 Å². The lowest BCUT2D eigenvalue weighted by Gasteiger charge is -2.11. The van der Waals surface area contributed by atoms with Gasteiger partial charge in [-0.2, -0.15) is 5.10 Å². The van der Waals surface area contributed by atoms with Gasteiger partial charge in [0.15, 0.2) is 5.69 Å². The summed E-state index contributed by atoms with van der Waals surface area (Å²) < 4.78 is 7.25. The van der Waals surface area contributed by atoms with E-state index in [9.17, 15) is 9.59 Å². The number of amides is 1. The van der Waals surface area contributed by atoms with Crippen molar-refractivity contribution in [1.29, 1.82) is 0 Å². The topological polar surface area (TPSA) is 73.2 Å². The van der Waals surface area contributed by atoms with Crippen molar-refractivity contribution in [2.75, 3.05) is 13.2 Å². The minimum Gasteiger partial charge on any atom is -0.494 e. The third kappa shape index (κ3) is 4.85. The highest BCUT2D eigenvalue weighted by Gasteiger charge is 2.14. The highest BCUT2D eigenvalue weighted by molar-refractivity contribution is 5.92. The number of hydrogen-bond acceptors (Lipinski definition) is 4. The second-order valence-electron chi connectivity index (χ2n) is 6.52. The molecule has 1 heterocycles. The molecule has 1 aromatic heterocycles. The molecule has 3 rings (SSSR count). The van der Waals surface area contributed by atoms with E-state index in [4.69, 9.17) is 4.74 Å². The van der Waals surface area contributed by atoms with Crippen LogP contribution in [-0.2, 0) is 0 Å². The van der Waals surface area contributed by atoms with Gasteiger partial charge in [-0.15, -0.1) is 0 Å². The van der Waals surface area contributed by atoms with Gasteiger partial charge in [0, 0.05) is 18.3 Å². The van der Waals surface area contributed by atoms with E-state index < -0.39 is 11.3 Å². The molecule has 1 N–H and O–H groups in total. The van der Waals surface area contributed by atoms with Gasteiger partial charge in [0.25, 0.3) is 5.91 Å². The van der Waals surface area contributed by atoms with Gasteiger partial charge in [0.2, 0.25) is 5.43 Å². The zero-order valence-corrected chi connectivity index (χ0v) is 16.0. The van der Waals surface area contributed by atoms with Crippen LogP contribution in [0.15, 0.2) is 65.5 Å². The summed E-state index contributed by atoms with van der Waals surface area (Å²) >= 11 is 0. The first kappa shape index (κ1) is 19.4. The molecule has 0 radical (unpaired) electrons. The van der Waals surface area contributed by atoms with E-state index >= 15 is 0 Å². The van der Waals surface area contributed by atoms with Crippen molar-refractivity contribution in [2.45, 2.75) is 20.3 Å². The number of benzene rings is 2. The van der Waals surface area contributed by atoms with Gasteiger partial charge in [0.05, 0.1) is 12.3 Å². The summed E-state index contributed by atoms with van der Waals surface area (Å²) in [6.45, 7) is 4.65. The van der Waals surface area contributed by atoms with Gasteiger partial charge in [0.1, 0.15) is 5.75 Å². The molecule has 144 valence electrons. The number of aryl methyl sites for hydroxylation is 2. The molecule has 6 nitrogen and oxygen atoms in total. The van der Waals surface area contributed by atoms with E-state index in [1.54, 1.807) is 11.6 Å². The van der Waals surface area contributed by atoms with Crippen molar-refractivity contribution in [2.24, 2.45) is 0 Å².